The zero-order chi connectivity index (χ0) is 9.56. The van der Waals surface area contributed by atoms with Crippen molar-refractivity contribution in [3.63, 3.8) is 0 Å². The average molecular weight is 168 g/mol. The lowest BCUT2D eigenvalue weighted by Crippen LogP contribution is -2.06. The highest BCUT2D eigenvalue weighted by atomic mass is 16.5. The van der Waals surface area contributed by atoms with E-state index in [0.717, 1.165) is 0 Å². The summed E-state index contributed by atoms with van der Waals surface area (Å²) >= 11 is 0. The summed E-state index contributed by atoms with van der Waals surface area (Å²) in [7, 11) is 1.26. The second kappa shape index (κ2) is 5.18. The Balaban J connectivity index is 4.70. The van der Waals surface area contributed by atoms with E-state index in [-0.39, 0.29) is 11.3 Å². The van der Waals surface area contributed by atoms with Crippen LogP contribution in [0.15, 0.2) is 36.1 Å². The Morgan fingerprint density at radius 1 is 1.58 bits per heavy atom. The Morgan fingerprint density at radius 3 is 2.50 bits per heavy atom. The number of aliphatic hydroxyl groups is 1. The number of hydrogen-bond donors (Lipinski definition) is 1. The summed E-state index contributed by atoms with van der Waals surface area (Å²) < 4.78 is 4.43. The second-order valence-electron chi connectivity index (χ2n) is 1.98. The van der Waals surface area contributed by atoms with Crippen molar-refractivity contribution in [2.75, 3.05) is 7.11 Å². The summed E-state index contributed by atoms with van der Waals surface area (Å²) in [5, 5.41) is 9.23. The van der Waals surface area contributed by atoms with E-state index < -0.39 is 5.97 Å². The molecule has 0 spiro atoms. The van der Waals surface area contributed by atoms with Gasteiger partial charge in [-0.25, -0.2) is 4.79 Å². The highest BCUT2D eigenvalue weighted by molar-refractivity contribution is 5.92. The Bertz CT molecular complexity index is 236. The second-order valence-corrected chi connectivity index (χ2v) is 1.98. The van der Waals surface area contributed by atoms with Gasteiger partial charge in [-0.3, -0.25) is 0 Å². The molecular weight excluding hydrogens is 156 g/mol. The molecule has 0 saturated carbocycles. The van der Waals surface area contributed by atoms with Crippen LogP contribution in [0.4, 0.5) is 0 Å². The molecule has 0 amide bonds. The molecule has 0 saturated heterocycles. The summed E-state index contributed by atoms with van der Waals surface area (Å²) in [6.07, 6.45) is 4.19. The minimum atomic E-state index is -0.562. The Morgan fingerprint density at radius 2 is 2.17 bits per heavy atom. The summed E-state index contributed by atoms with van der Waals surface area (Å²) in [6.45, 7) is 5.03. The van der Waals surface area contributed by atoms with Gasteiger partial charge in [0, 0.05) is 0 Å². The molecule has 0 rings (SSSR count). The third kappa shape index (κ3) is 2.62. The number of allylic oxidation sites excluding steroid dienone is 3. The molecule has 0 aromatic rings. The zero-order valence-electron chi connectivity index (χ0n) is 7.20. The Kier molecular flexibility index (Phi) is 4.53. The Hall–Kier alpha value is -1.51. The number of aliphatic hydroxyl groups excluding tert-OH is 1. The number of hydrogen-bond acceptors (Lipinski definition) is 3. The van der Waals surface area contributed by atoms with Crippen molar-refractivity contribution in [3.8, 4) is 0 Å². The van der Waals surface area contributed by atoms with E-state index in [4.69, 9.17) is 0 Å². The van der Waals surface area contributed by atoms with Gasteiger partial charge in [0.15, 0.2) is 0 Å². The van der Waals surface area contributed by atoms with Gasteiger partial charge in [-0.1, -0.05) is 18.7 Å². The molecule has 1 N–H and O–H groups in total. The highest BCUT2D eigenvalue weighted by Gasteiger charge is 2.11. The fraction of sp³-hybridized carbons (Fsp3) is 0.222. The van der Waals surface area contributed by atoms with Crippen LogP contribution in [0, 0.1) is 0 Å². The van der Waals surface area contributed by atoms with Crippen molar-refractivity contribution >= 4 is 5.97 Å². The van der Waals surface area contributed by atoms with Crippen LogP contribution in [0.3, 0.4) is 0 Å². The van der Waals surface area contributed by atoms with Gasteiger partial charge in [-0.05, 0) is 13.0 Å². The van der Waals surface area contributed by atoms with Crippen molar-refractivity contribution in [2.24, 2.45) is 0 Å². The number of methoxy groups -OCH3 is 1. The first-order valence-corrected chi connectivity index (χ1v) is 3.44. The van der Waals surface area contributed by atoms with Gasteiger partial charge >= 0.3 is 5.97 Å². The molecule has 3 heteroatoms. The molecular formula is C9H12O3. The predicted molar refractivity (Wildman–Crippen MR) is 46.7 cm³/mol. The van der Waals surface area contributed by atoms with E-state index in [1.165, 1.54) is 25.3 Å². The molecule has 0 aliphatic heterocycles. The molecule has 0 aromatic carbocycles. The normalized spacial score (nSPS) is 12.5. The minimum Gasteiger partial charge on any atom is -0.507 e. The number of ether oxygens (including phenoxy) is 1. The van der Waals surface area contributed by atoms with Crippen LogP contribution < -0.4 is 0 Å². The van der Waals surface area contributed by atoms with E-state index >= 15 is 0 Å². The molecule has 0 aliphatic rings. The first kappa shape index (κ1) is 10.5. The lowest BCUT2D eigenvalue weighted by molar-refractivity contribution is -0.136. The lowest BCUT2D eigenvalue weighted by atomic mass is 10.2. The van der Waals surface area contributed by atoms with Gasteiger partial charge in [-0.15, -0.1) is 0 Å². The predicted octanol–water partition coefficient (Wildman–Crippen LogP) is 1.73. The minimum absolute atomic E-state index is 0.136. The molecule has 0 unspecified atom stereocenters. The number of esters is 1. The monoisotopic (exact) mass is 168 g/mol. The van der Waals surface area contributed by atoms with Crippen molar-refractivity contribution in [2.45, 2.75) is 6.92 Å². The molecule has 0 atom stereocenters. The van der Waals surface area contributed by atoms with E-state index in [0.29, 0.717) is 0 Å². The van der Waals surface area contributed by atoms with Crippen LogP contribution in [-0.4, -0.2) is 18.2 Å². The maximum atomic E-state index is 10.9. The van der Waals surface area contributed by atoms with Crippen LogP contribution in [0.2, 0.25) is 0 Å². The van der Waals surface area contributed by atoms with E-state index in [1.807, 2.05) is 0 Å². The van der Waals surface area contributed by atoms with Gasteiger partial charge in [0.1, 0.15) is 5.76 Å². The number of carbonyl (C=O) groups excluding carboxylic acids is 1. The summed E-state index contributed by atoms with van der Waals surface area (Å²) in [4.78, 5) is 10.9. The number of rotatable bonds is 3. The summed E-state index contributed by atoms with van der Waals surface area (Å²) in [5.74, 6) is -0.701. The molecule has 0 bridgehead atoms. The quantitative estimate of drug-likeness (QED) is 0.302. The van der Waals surface area contributed by atoms with Crippen LogP contribution in [0.25, 0.3) is 0 Å². The molecule has 66 valence electrons. The van der Waals surface area contributed by atoms with Gasteiger partial charge in [-0.2, -0.15) is 0 Å². The number of carbonyl (C=O) groups is 1. The van der Waals surface area contributed by atoms with Crippen LogP contribution in [-0.2, 0) is 9.53 Å². The van der Waals surface area contributed by atoms with Crippen molar-refractivity contribution in [1.29, 1.82) is 0 Å². The first-order valence-electron chi connectivity index (χ1n) is 3.44. The highest BCUT2D eigenvalue weighted by Crippen LogP contribution is 2.07. The molecule has 0 aromatic heterocycles. The summed E-state index contributed by atoms with van der Waals surface area (Å²) in [5.41, 5.74) is 0.136. The van der Waals surface area contributed by atoms with Gasteiger partial charge in [0.25, 0.3) is 0 Å². The Labute approximate surface area is 71.7 Å². The van der Waals surface area contributed by atoms with Gasteiger partial charge in [0.05, 0.1) is 12.7 Å². The first-order chi connectivity index (χ1) is 5.67. The molecule has 0 aliphatic carbocycles. The SMILES string of the molecule is C=C/C=C(O)\C(=C/C)C(=O)OC. The van der Waals surface area contributed by atoms with Gasteiger partial charge in [0.2, 0.25) is 0 Å². The maximum Gasteiger partial charge on any atom is 0.341 e. The van der Waals surface area contributed by atoms with Crippen molar-refractivity contribution < 1.29 is 14.6 Å². The largest absolute Gasteiger partial charge is 0.507 e. The fourth-order valence-corrected chi connectivity index (χ4v) is 0.682. The zero-order valence-corrected chi connectivity index (χ0v) is 7.20. The molecule has 0 heterocycles. The van der Waals surface area contributed by atoms with Gasteiger partial charge < -0.3 is 9.84 Å². The van der Waals surface area contributed by atoms with Crippen LogP contribution >= 0.6 is 0 Å². The topological polar surface area (TPSA) is 46.5 Å². The van der Waals surface area contributed by atoms with E-state index in [2.05, 4.69) is 11.3 Å². The lowest BCUT2D eigenvalue weighted by Gasteiger charge is -2.01. The smallest absolute Gasteiger partial charge is 0.341 e. The molecule has 0 radical (unpaired) electrons. The standard InChI is InChI=1S/C9H12O3/c1-4-6-8(10)7(5-2)9(11)12-3/h4-6,10H,1H2,2-3H3/b7-5+,8-6+. The van der Waals surface area contributed by atoms with E-state index in [1.54, 1.807) is 6.92 Å². The molecule has 12 heavy (non-hydrogen) atoms. The van der Waals surface area contributed by atoms with Crippen LogP contribution in [0.5, 0.6) is 0 Å². The third-order valence-electron chi connectivity index (χ3n) is 1.25. The molecule has 3 nitrogen and oxygen atoms in total. The maximum absolute atomic E-state index is 10.9. The van der Waals surface area contributed by atoms with E-state index in [9.17, 15) is 9.90 Å². The molecule has 0 fully saturated rings. The third-order valence-corrected chi connectivity index (χ3v) is 1.25. The van der Waals surface area contributed by atoms with Crippen molar-refractivity contribution in [1.82, 2.24) is 0 Å². The van der Waals surface area contributed by atoms with Crippen LogP contribution in [0.1, 0.15) is 6.92 Å². The fourth-order valence-electron chi connectivity index (χ4n) is 0.682. The average Bonchev–Trinajstić information content (AvgIpc) is 2.06. The summed E-state index contributed by atoms with van der Waals surface area (Å²) in [6, 6.07) is 0. The van der Waals surface area contributed by atoms with Crippen molar-refractivity contribution in [3.05, 3.63) is 36.1 Å².